The lowest BCUT2D eigenvalue weighted by atomic mass is 10.2. The van der Waals surface area contributed by atoms with Gasteiger partial charge in [0.1, 0.15) is 4.88 Å². The van der Waals surface area contributed by atoms with Gasteiger partial charge in [-0.1, -0.05) is 0 Å². The number of aromatic nitrogens is 1. The molecule has 0 saturated heterocycles. The van der Waals surface area contributed by atoms with Crippen molar-refractivity contribution in [2.75, 3.05) is 7.11 Å². The quantitative estimate of drug-likeness (QED) is 0.805. The summed E-state index contributed by atoms with van der Waals surface area (Å²) < 4.78 is 5.22. The van der Waals surface area contributed by atoms with Gasteiger partial charge in [0.15, 0.2) is 0 Å². The average Bonchev–Trinajstić information content (AvgIpc) is 2.70. The first-order chi connectivity index (χ1) is 7.63. The number of rotatable bonds is 2. The van der Waals surface area contributed by atoms with E-state index in [-0.39, 0.29) is 5.56 Å². The molecule has 0 aliphatic heterocycles. The summed E-state index contributed by atoms with van der Waals surface area (Å²) in [4.78, 5) is 26.4. The number of pyridine rings is 1. The van der Waals surface area contributed by atoms with E-state index in [1.54, 1.807) is 0 Å². The van der Waals surface area contributed by atoms with Gasteiger partial charge in [0.25, 0.3) is 0 Å². The minimum atomic E-state index is -1.06. The molecule has 2 heterocycles. The average molecular weight is 237 g/mol. The summed E-state index contributed by atoms with van der Waals surface area (Å²) in [5, 5.41) is 9.44. The zero-order chi connectivity index (χ0) is 11.7. The first-order valence-corrected chi connectivity index (χ1v) is 5.14. The van der Waals surface area contributed by atoms with Gasteiger partial charge < -0.3 is 9.84 Å². The lowest BCUT2D eigenvalue weighted by molar-refractivity contribution is 0.0605. The topological polar surface area (TPSA) is 76.5 Å². The maximum absolute atomic E-state index is 11.3. The van der Waals surface area contributed by atoms with Crippen molar-refractivity contribution >= 4 is 33.4 Å². The summed E-state index contributed by atoms with van der Waals surface area (Å²) in [6, 6.07) is 1.51. The van der Waals surface area contributed by atoms with Crippen LogP contribution in [0.25, 0.3) is 10.1 Å². The van der Waals surface area contributed by atoms with E-state index >= 15 is 0 Å². The molecule has 2 aromatic heterocycles. The van der Waals surface area contributed by atoms with Gasteiger partial charge in [-0.3, -0.25) is 4.98 Å². The molecule has 0 aliphatic carbocycles. The zero-order valence-electron chi connectivity index (χ0n) is 8.26. The van der Waals surface area contributed by atoms with Crippen molar-refractivity contribution in [3.8, 4) is 0 Å². The fourth-order valence-corrected chi connectivity index (χ4v) is 2.30. The van der Waals surface area contributed by atoms with Gasteiger partial charge in [-0.05, 0) is 6.07 Å². The monoisotopic (exact) mass is 237 g/mol. The zero-order valence-corrected chi connectivity index (χ0v) is 9.08. The Morgan fingerprint density at radius 3 is 2.81 bits per heavy atom. The molecule has 16 heavy (non-hydrogen) atoms. The van der Waals surface area contributed by atoms with E-state index in [0.29, 0.717) is 15.0 Å². The number of ether oxygens (including phenoxy) is 1. The van der Waals surface area contributed by atoms with E-state index in [4.69, 9.17) is 5.11 Å². The molecule has 0 aliphatic rings. The van der Waals surface area contributed by atoms with Gasteiger partial charge in [-0.25, -0.2) is 9.59 Å². The van der Waals surface area contributed by atoms with Crippen molar-refractivity contribution < 1.29 is 19.4 Å². The number of esters is 1. The van der Waals surface area contributed by atoms with Gasteiger partial charge in [-0.15, -0.1) is 11.3 Å². The summed E-state index contributed by atoms with van der Waals surface area (Å²) in [5.74, 6) is -1.54. The third-order valence-corrected chi connectivity index (χ3v) is 3.11. The Balaban J connectivity index is 2.65. The number of methoxy groups -OCH3 is 1. The number of carbonyl (C=O) groups excluding carboxylic acids is 1. The van der Waals surface area contributed by atoms with Crippen LogP contribution in [0.3, 0.4) is 0 Å². The molecule has 0 unspecified atom stereocenters. The van der Waals surface area contributed by atoms with E-state index < -0.39 is 11.9 Å². The third-order valence-electron chi connectivity index (χ3n) is 2.06. The molecule has 0 radical (unpaired) electrons. The van der Waals surface area contributed by atoms with Gasteiger partial charge in [0, 0.05) is 17.8 Å². The van der Waals surface area contributed by atoms with Crippen LogP contribution in [0.2, 0.25) is 0 Å². The van der Waals surface area contributed by atoms with Crippen LogP contribution in [-0.2, 0) is 4.74 Å². The Hall–Kier alpha value is -1.95. The number of carbonyl (C=O) groups is 2. The molecule has 82 valence electrons. The van der Waals surface area contributed by atoms with Crippen LogP contribution < -0.4 is 0 Å². The minimum Gasteiger partial charge on any atom is -0.478 e. The second-order valence-corrected chi connectivity index (χ2v) is 4.09. The minimum absolute atomic E-state index is 0.0869. The molecule has 0 bridgehead atoms. The van der Waals surface area contributed by atoms with Crippen molar-refractivity contribution in [2.45, 2.75) is 0 Å². The number of carboxylic acid groups (broad SMARTS) is 1. The molecular formula is C10H7NO4S. The van der Waals surface area contributed by atoms with Crippen LogP contribution in [0, 0.1) is 0 Å². The highest BCUT2D eigenvalue weighted by Crippen LogP contribution is 2.27. The number of aromatic carboxylic acids is 1. The smallest absolute Gasteiger partial charge is 0.348 e. The van der Waals surface area contributed by atoms with E-state index in [1.807, 2.05) is 0 Å². The molecule has 6 heteroatoms. The molecule has 0 aromatic carbocycles. The van der Waals surface area contributed by atoms with Crippen LogP contribution >= 0.6 is 11.3 Å². The Morgan fingerprint density at radius 2 is 2.19 bits per heavy atom. The molecule has 1 N–H and O–H groups in total. The SMILES string of the molecule is COC(=O)c1cc2c(C(=O)O)cncc2s1. The fraction of sp³-hybridized carbons (Fsp3) is 0.100. The molecular weight excluding hydrogens is 230 g/mol. The van der Waals surface area contributed by atoms with Crippen LogP contribution in [-0.4, -0.2) is 29.1 Å². The number of hydrogen-bond acceptors (Lipinski definition) is 5. The number of carboxylic acids is 1. The predicted octanol–water partition coefficient (Wildman–Crippen LogP) is 1.78. The standard InChI is InChI=1S/C10H7NO4S/c1-15-10(14)7-2-5-6(9(12)13)3-11-4-8(5)16-7/h2-4H,1H3,(H,12,13). The second kappa shape index (κ2) is 3.90. The maximum Gasteiger partial charge on any atom is 0.348 e. The molecule has 2 aromatic rings. The van der Waals surface area contributed by atoms with Crippen molar-refractivity contribution in [2.24, 2.45) is 0 Å². The second-order valence-electron chi connectivity index (χ2n) is 3.01. The van der Waals surface area contributed by atoms with Crippen LogP contribution in [0.5, 0.6) is 0 Å². The van der Waals surface area contributed by atoms with Gasteiger partial charge >= 0.3 is 11.9 Å². The van der Waals surface area contributed by atoms with Crippen molar-refractivity contribution in [1.82, 2.24) is 4.98 Å². The largest absolute Gasteiger partial charge is 0.478 e. The van der Waals surface area contributed by atoms with Crippen LogP contribution in [0.1, 0.15) is 20.0 Å². The summed E-state index contributed by atoms with van der Waals surface area (Å²) in [5.41, 5.74) is 0.0869. The third kappa shape index (κ3) is 1.63. The van der Waals surface area contributed by atoms with Gasteiger partial charge in [0.05, 0.1) is 17.4 Å². The van der Waals surface area contributed by atoms with Gasteiger partial charge in [-0.2, -0.15) is 0 Å². The number of hydrogen-bond donors (Lipinski definition) is 1. The summed E-state index contributed by atoms with van der Waals surface area (Å²) in [6.07, 6.45) is 2.79. The maximum atomic E-state index is 11.3. The summed E-state index contributed by atoms with van der Waals surface area (Å²) in [6.45, 7) is 0. The van der Waals surface area contributed by atoms with E-state index in [2.05, 4.69) is 9.72 Å². The Labute approximate surface area is 94.3 Å². The fourth-order valence-electron chi connectivity index (χ4n) is 1.33. The van der Waals surface area contributed by atoms with E-state index in [1.165, 1.54) is 25.6 Å². The molecule has 0 atom stereocenters. The molecule has 0 saturated carbocycles. The molecule has 0 spiro atoms. The molecule has 5 nitrogen and oxygen atoms in total. The normalized spacial score (nSPS) is 10.3. The van der Waals surface area contributed by atoms with E-state index in [9.17, 15) is 9.59 Å². The summed E-state index contributed by atoms with van der Waals surface area (Å²) in [7, 11) is 1.28. The van der Waals surface area contributed by atoms with Gasteiger partial charge in [0.2, 0.25) is 0 Å². The highest BCUT2D eigenvalue weighted by atomic mass is 32.1. The number of thiophene rings is 1. The molecule has 0 fully saturated rings. The first-order valence-electron chi connectivity index (χ1n) is 4.32. The Bertz CT molecular complexity index is 575. The van der Waals surface area contributed by atoms with E-state index in [0.717, 1.165) is 11.3 Å². The highest BCUT2D eigenvalue weighted by Gasteiger charge is 2.15. The van der Waals surface area contributed by atoms with Crippen molar-refractivity contribution in [3.63, 3.8) is 0 Å². The van der Waals surface area contributed by atoms with Crippen LogP contribution in [0.4, 0.5) is 0 Å². The summed E-state index contributed by atoms with van der Waals surface area (Å²) >= 11 is 1.16. The lowest BCUT2D eigenvalue weighted by Gasteiger charge is -1.94. The Kier molecular flexibility index (Phi) is 2.57. The van der Waals surface area contributed by atoms with Crippen molar-refractivity contribution in [3.05, 3.63) is 28.9 Å². The lowest BCUT2D eigenvalue weighted by Crippen LogP contribution is -1.98. The highest BCUT2D eigenvalue weighted by molar-refractivity contribution is 7.20. The number of nitrogens with zero attached hydrogens (tertiary/aromatic N) is 1. The van der Waals surface area contributed by atoms with Crippen LogP contribution in [0.15, 0.2) is 18.5 Å². The number of fused-ring (bicyclic) bond motifs is 1. The van der Waals surface area contributed by atoms with Crippen molar-refractivity contribution in [1.29, 1.82) is 0 Å². The Morgan fingerprint density at radius 1 is 1.44 bits per heavy atom. The first kappa shape index (κ1) is 10.6. The molecule has 0 amide bonds. The predicted molar refractivity (Wildman–Crippen MR) is 57.9 cm³/mol. The molecule has 2 rings (SSSR count).